The summed E-state index contributed by atoms with van der Waals surface area (Å²) in [6.07, 6.45) is -2.09. The number of carbonyl (C=O) groups is 5. The number of cyclic esters (lactones) is 1. The molecule has 0 bridgehead atoms. The predicted octanol–water partition coefficient (Wildman–Crippen LogP) is 4.34. The van der Waals surface area contributed by atoms with E-state index in [1.165, 1.54) is 21.0 Å². The molecule has 1 amide bonds. The lowest BCUT2D eigenvalue weighted by Crippen LogP contribution is -2.62. The average molecular weight is 881 g/mol. The Balaban J connectivity index is 1.95. The summed E-state index contributed by atoms with van der Waals surface area (Å²) in [4.78, 5) is 69.1. The molecule has 62 heavy (non-hydrogen) atoms. The molecule has 4 saturated heterocycles. The van der Waals surface area contributed by atoms with E-state index in [9.17, 15) is 24.0 Å². The minimum Gasteiger partial charge on any atom is -0.458 e. The van der Waals surface area contributed by atoms with Gasteiger partial charge in [0.05, 0.1) is 48.0 Å². The Hall–Kier alpha value is -3.37. The smallest absolute Gasteiger partial charge is 0.408 e. The molecule has 0 aromatic carbocycles. The second-order valence-corrected chi connectivity index (χ2v) is 18.6. The summed E-state index contributed by atoms with van der Waals surface area (Å²) in [5.41, 5.74) is -3.91. The number of Topliss-reactive ketones (excluding diaryl/α,β-unsaturated/α-hetero) is 1. The number of carbonyl (C=O) groups excluding carboxylic acids is 5. The monoisotopic (exact) mass is 880 g/mol. The second kappa shape index (κ2) is 20.6. The quantitative estimate of drug-likeness (QED) is 0.175. The number of terminal acetylenes is 1. The zero-order valence-corrected chi connectivity index (χ0v) is 39.3. The molecule has 0 aromatic rings. The fraction of sp³-hybridized carbons (Fsp3) is 0.844. The Morgan fingerprint density at radius 2 is 1.53 bits per heavy atom. The van der Waals surface area contributed by atoms with Crippen molar-refractivity contribution in [3.05, 3.63) is 0 Å². The molecule has 0 spiro atoms. The third kappa shape index (κ3) is 11.1. The lowest BCUT2D eigenvalue weighted by atomic mass is 9.73. The van der Waals surface area contributed by atoms with Gasteiger partial charge in [0, 0.05) is 45.1 Å². The van der Waals surface area contributed by atoms with E-state index in [1.54, 1.807) is 55.4 Å². The van der Waals surface area contributed by atoms with Gasteiger partial charge in [-0.05, 0) is 74.9 Å². The average Bonchev–Trinajstić information content (AvgIpc) is 3.51. The van der Waals surface area contributed by atoms with Crippen LogP contribution < -0.4 is 5.32 Å². The van der Waals surface area contributed by atoms with Gasteiger partial charge in [0.2, 0.25) is 0 Å². The number of hydrogen-bond acceptors (Lipinski definition) is 16. The normalized spacial score (nSPS) is 43.3. The van der Waals surface area contributed by atoms with Gasteiger partial charge in [-0.25, -0.2) is 4.79 Å². The molecular weight excluding hydrogens is 808 g/mol. The maximum absolute atomic E-state index is 14.7. The Bertz CT molecular complexity index is 1650. The van der Waals surface area contributed by atoms with Gasteiger partial charge in [0.25, 0.3) is 0 Å². The van der Waals surface area contributed by atoms with Gasteiger partial charge in [-0.2, -0.15) is 0 Å². The van der Waals surface area contributed by atoms with Crippen LogP contribution in [0.2, 0.25) is 0 Å². The number of fused-ring (bicyclic) bond motifs is 1. The summed E-state index contributed by atoms with van der Waals surface area (Å²) in [6, 6.07) is -1.18. The number of alkyl carbamates (subject to hydrolysis) is 1. The van der Waals surface area contributed by atoms with Gasteiger partial charge in [0.15, 0.2) is 30.4 Å². The first-order valence-corrected chi connectivity index (χ1v) is 21.8. The third-order valence-corrected chi connectivity index (χ3v) is 13.4. The number of likely N-dealkylation sites (N-methyl/N-ethyl adjacent to an activating group) is 1. The molecule has 1 N–H and O–H groups in total. The molecule has 0 saturated carbocycles. The number of nitrogens with zero attached hydrogens (tertiary/aromatic N) is 1. The van der Waals surface area contributed by atoms with Crippen molar-refractivity contribution in [2.75, 3.05) is 27.8 Å². The van der Waals surface area contributed by atoms with Crippen LogP contribution in [0.4, 0.5) is 4.79 Å². The minimum absolute atomic E-state index is 0.0498. The predicted molar refractivity (Wildman–Crippen MR) is 223 cm³/mol. The van der Waals surface area contributed by atoms with Crippen molar-refractivity contribution in [3.63, 3.8) is 0 Å². The SMILES string of the molecule is C#CCO[C@@]1(C)C[C@@H](C)C(=O)[C@H](C)C2NC(=O)O[C@]2(C)[C@@H](CC)OC(=O)[C@H](C)C(OC2C[C@@](C)(OC)C(OC(C)=O)[C@H](C)O2)[C@H](C)C1OC1O[C@H](C)CC(N(C)C)C1OC(C)=O. The number of esters is 3. The molecule has 4 fully saturated rings. The van der Waals surface area contributed by atoms with Crippen LogP contribution in [-0.2, 0) is 66.5 Å². The first-order chi connectivity index (χ1) is 28.9. The van der Waals surface area contributed by atoms with Gasteiger partial charge in [-0.3, -0.25) is 19.2 Å². The van der Waals surface area contributed by atoms with Crippen molar-refractivity contribution < 1.29 is 71.3 Å². The van der Waals surface area contributed by atoms with Gasteiger partial charge in [-0.1, -0.05) is 33.6 Å². The standard InChI is InChI=1S/C45H72N2O15/c1-17-19-54-44(12)21-23(3)34(50)25(5)37-45(13,62-42(52)46-37)32(18-2)59-40(51)27(7)35(60-33-22-43(11,53-16)39(28(8)56-33)58-30(10)49)26(6)38(44)61-41-36(57-29(9)48)31(47(14)15)20-24(4)55-41/h1,23-28,31-33,35-39,41H,18-22H2,2-16H3,(H,46,52)/t23-,24-,25+,26+,27-,28+,31?,32-,33?,35?,36?,37?,38?,39?,41?,43-,44+,45-/m1/s1. The van der Waals surface area contributed by atoms with Gasteiger partial charge < -0.3 is 57.6 Å². The number of amides is 1. The highest BCUT2D eigenvalue weighted by atomic mass is 16.7. The minimum atomic E-state index is -1.42. The molecule has 8 unspecified atom stereocenters. The molecule has 0 aliphatic carbocycles. The Morgan fingerprint density at radius 1 is 0.887 bits per heavy atom. The van der Waals surface area contributed by atoms with E-state index in [0.717, 1.165) is 0 Å². The van der Waals surface area contributed by atoms with E-state index < -0.39 is 120 Å². The zero-order valence-electron chi connectivity index (χ0n) is 39.3. The van der Waals surface area contributed by atoms with Crippen LogP contribution >= 0.6 is 0 Å². The summed E-state index contributed by atoms with van der Waals surface area (Å²) in [7, 11) is 5.26. The number of ketones is 1. The van der Waals surface area contributed by atoms with Crippen molar-refractivity contribution in [1.82, 2.24) is 10.2 Å². The second-order valence-electron chi connectivity index (χ2n) is 18.6. The van der Waals surface area contributed by atoms with E-state index in [2.05, 4.69) is 11.2 Å². The van der Waals surface area contributed by atoms with Crippen molar-refractivity contribution in [1.29, 1.82) is 0 Å². The van der Waals surface area contributed by atoms with Crippen molar-refractivity contribution in [3.8, 4) is 12.3 Å². The van der Waals surface area contributed by atoms with E-state index in [0.29, 0.717) is 6.42 Å². The highest BCUT2D eigenvalue weighted by Gasteiger charge is 2.58. The first kappa shape index (κ1) is 51.3. The van der Waals surface area contributed by atoms with Crippen LogP contribution in [0.25, 0.3) is 0 Å². The van der Waals surface area contributed by atoms with E-state index in [-0.39, 0.29) is 43.8 Å². The molecular formula is C45H72N2O15. The molecule has 4 heterocycles. The van der Waals surface area contributed by atoms with Crippen LogP contribution in [0, 0.1) is 36.0 Å². The van der Waals surface area contributed by atoms with Crippen LogP contribution in [0.15, 0.2) is 0 Å². The number of rotatable bonds is 11. The fourth-order valence-electron chi connectivity index (χ4n) is 10.2. The zero-order chi connectivity index (χ0) is 46.6. The molecule has 17 heteroatoms. The van der Waals surface area contributed by atoms with Gasteiger partial charge in [-0.15, -0.1) is 6.42 Å². The van der Waals surface area contributed by atoms with Gasteiger partial charge >= 0.3 is 24.0 Å². The molecule has 4 aliphatic heterocycles. The fourth-order valence-corrected chi connectivity index (χ4v) is 10.2. The number of hydrogen-bond donors (Lipinski definition) is 1. The summed E-state index contributed by atoms with van der Waals surface area (Å²) in [6.45, 7) is 20.1. The van der Waals surface area contributed by atoms with E-state index in [4.69, 9.17) is 53.8 Å². The molecule has 0 aromatic heterocycles. The van der Waals surface area contributed by atoms with Crippen LogP contribution in [0.3, 0.4) is 0 Å². The van der Waals surface area contributed by atoms with Crippen LogP contribution in [0.1, 0.15) is 109 Å². The summed E-state index contributed by atoms with van der Waals surface area (Å²) in [5.74, 6) is -2.80. The lowest BCUT2D eigenvalue weighted by molar-refractivity contribution is -0.321. The molecule has 0 radical (unpaired) electrons. The maximum atomic E-state index is 14.7. The largest absolute Gasteiger partial charge is 0.458 e. The number of nitrogens with one attached hydrogen (secondary N) is 1. The molecule has 4 aliphatic rings. The maximum Gasteiger partial charge on any atom is 0.408 e. The van der Waals surface area contributed by atoms with E-state index in [1.807, 2.05) is 32.8 Å². The van der Waals surface area contributed by atoms with Crippen molar-refractivity contribution in [2.24, 2.45) is 23.7 Å². The summed E-state index contributed by atoms with van der Waals surface area (Å²) < 4.78 is 63.3. The van der Waals surface area contributed by atoms with Crippen molar-refractivity contribution in [2.45, 2.75) is 193 Å². The van der Waals surface area contributed by atoms with Crippen LogP contribution in [-0.4, -0.2) is 147 Å². The third-order valence-electron chi connectivity index (χ3n) is 13.4. The Morgan fingerprint density at radius 3 is 2.10 bits per heavy atom. The van der Waals surface area contributed by atoms with Gasteiger partial charge in [0.1, 0.15) is 24.1 Å². The lowest BCUT2D eigenvalue weighted by Gasteiger charge is -2.50. The Labute approximate surface area is 367 Å². The highest BCUT2D eigenvalue weighted by molar-refractivity contribution is 5.85. The van der Waals surface area contributed by atoms with Crippen molar-refractivity contribution >= 4 is 29.8 Å². The highest BCUT2D eigenvalue weighted by Crippen LogP contribution is 2.43. The topological polar surface area (TPSA) is 193 Å². The molecule has 17 nitrogen and oxygen atoms in total. The Kier molecular flexibility index (Phi) is 17.1. The number of methoxy groups -OCH3 is 1. The summed E-state index contributed by atoms with van der Waals surface area (Å²) >= 11 is 0. The van der Waals surface area contributed by atoms with Crippen LogP contribution in [0.5, 0.6) is 0 Å². The van der Waals surface area contributed by atoms with E-state index >= 15 is 0 Å². The molecule has 4 rings (SSSR count). The summed E-state index contributed by atoms with van der Waals surface area (Å²) in [5, 5.41) is 2.82. The molecule has 18 atom stereocenters. The first-order valence-electron chi connectivity index (χ1n) is 21.8. The number of ether oxygens (including phenoxy) is 10. The molecule has 352 valence electrons.